The topological polar surface area (TPSA) is 55.4 Å². The van der Waals surface area contributed by atoms with Crippen LogP contribution in [0.2, 0.25) is 5.02 Å². The fraction of sp³-hybridized carbons (Fsp3) is 0.500. The Balaban J connectivity index is 2.13. The first-order valence-corrected chi connectivity index (χ1v) is 7.96. The molecular formula is C12H16ClNO3S. The zero-order valence-corrected chi connectivity index (χ0v) is 11.9. The Morgan fingerprint density at radius 1 is 1.39 bits per heavy atom. The molecular weight excluding hydrogens is 274 g/mol. The van der Waals surface area contributed by atoms with Gasteiger partial charge in [-0.3, -0.25) is 0 Å². The van der Waals surface area contributed by atoms with E-state index in [0.717, 1.165) is 12.8 Å². The molecule has 1 aliphatic carbocycles. The molecule has 1 aromatic rings. The van der Waals surface area contributed by atoms with Crippen LogP contribution in [0.25, 0.3) is 0 Å². The highest BCUT2D eigenvalue weighted by molar-refractivity contribution is 7.90. The molecule has 0 heterocycles. The fourth-order valence-electron chi connectivity index (χ4n) is 1.94. The number of ether oxygens (including phenoxy) is 1. The molecule has 1 aliphatic rings. The van der Waals surface area contributed by atoms with Gasteiger partial charge in [-0.05, 0) is 31.0 Å². The standard InChI is InChI=1S/C12H16ClNO3S/c1-17-9-5-8(6-9)14-12-7-10(18(2,15)16)3-4-11(12)13/h3-4,7-9,14H,5-6H2,1-2H3. The van der Waals surface area contributed by atoms with Gasteiger partial charge in [-0.2, -0.15) is 0 Å². The van der Waals surface area contributed by atoms with E-state index in [4.69, 9.17) is 16.3 Å². The van der Waals surface area contributed by atoms with Crippen LogP contribution in [0.15, 0.2) is 23.1 Å². The fourth-order valence-corrected chi connectivity index (χ4v) is 2.76. The Bertz CT molecular complexity index is 538. The lowest BCUT2D eigenvalue weighted by molar-refractivity contribution is 0.0329. The largest absolute Gasteiger partial charge is 0.381 e. The van der Waals surface area contributed by atoms with Crippen LogP contribution in [0.3, 0.4) is 0 Å². The second kappa shape index (κ2) is 5.07. The first-order valence-electron chi connectivity index (χ1n) is 5.69. The van der Waals surface area contributed by atoms with Crippen molar-refractivity contribution in [2.75, 3.05) is 18.7 Å². The Labute approximate surface area is 112 Å². The van der Waals surface area contributed by atoms with Crippen molar-refractivity contribution in [3.8, 4) is 0 Å². The summed E-state index contributed by atoms with van der Waals surface area (Å²) in [6.45, 7) is 0. The van der Waals surface area contributed by atoms with Crippen LogP contribution in [0, 0.1) is 0 Å². The lowest BCUT2D eigenvalue weighted by Gasteiger charge is -2.35. The second-order valence-electron chi connectivity index (χ2n) is 4.58. The molecule has 0 unspecified atom stereocenters. The summed E-state index contributed by atoms with van der Waals surface area (Å²) in [5, 5.41) is 3.78. The molecule has 1 fully saturated rings. The van der Waals surface area contributed by atoms with Crippen LogP contribution < -0.4 is 5.32 Å². The minimum Gasteiger partial charge on any atom is -0.381 e. The van der Waals surface area contributed by atoms with E-state index in [2.05, 4.69) is 5.32 Å². The average Bonchev–Trinajstić information content (AvgIpc) is 2.23. The minimum atomic E-state index is -3.21. The first-order chi connectivity index (χ1) is 8.40. The molecule has 0 amide bonds. The predicted molar refractivity (Wildman–Crippen MR) is 72.0 cm³/mol. The van der Waals surface area contributed by atoms with E-state index in [1.54, 1.807) is 19.2 Å². The minimum absolute atomic E-state index is 0.275. The molecule has 0 spiro atoms. The van der Waals surface area contributed by atoms with Crippen molar-refractivity contribution < 1.29 is 13.2 Å². The molecule has 18 heavy (non-hydrogen) atoms. The smallest absolute Gasteiger partial charge is 0.175 e. The number of methoxy groups -OCH3 is 1. The van der Waals surface area contributed by atoms with Crippen LogP contribution in [0.5, 0.6) is 0 Å². The SMILES string of the molecule is COC1CC(Nc2cc(S(C)(=O)=O)ccc2Cl)C1. The highest BCUT2D eigenvalue weighted by atomic mass is 35.5. The van der Waals surface area contributed by atoms with Crippen molar-refractivity contribution in [3.05, 3.63) is 23.2 Å². The zero-order valence-electron chi connectivity index (χ0n) is 10.3. The van der Waals surface area contributed by atoms with Gasteiger partial charge in [0.1, 0.15) is 0 Å². The van der Waals surface area contributed by atoms with E-state index >= 15 is 0 Å². The van der Waals surface area contributed by atoms with E-state index in [1.807, 2.05) is 0 Å². The molecule has 0 bridgehead atoms. The average molecular weight is 290 g/mol. The number of hydrogen-bond acceptors (Lipinski definition) is 4. The Kier molecular flexibility index (Phi) is 3.84. The van der Waals surface area contributed by atoms with Crippen molar-refractivity contribution in [3.63, 3.8) is 0 Å². The van der Waals surface area contributed by atoms with Gasteiger partial charge >= 0.3 is 0 Å². The number of hydrogen-bond donors (Lipinski definition) is 1. The predicted octanol–water partition coefficient (Wildman–Crippen LogP) is 2.33. The van der Waals surface area contributed by atoms with Crippen LogP contribution in [0.4, 0.5) is 5.69 Å². The maximum absolute atomic E-state index is 11.5. The highest BCUT2D eigenvalue weighted by Crippen LogP contribution is 2.31. The van der Waals surface area contributed by atoms with E-state index in [0.29, 0.717) is 22.9 Å². The molecule has 0 radical (unpaired) electrons. The van der Waals surface area contributed by atoms with Crippen LogP contribution >= 0.6 is 11.6 Å². The molecule has 4 nitrogen and oxygen atoms in total. The molecule has 6 heteroatoms. The van der Waals surface area contributed by atoms with Crippen LogP contribution in [0.1, 0.15) is 12.8 Å². The second-order valence-corrected chi connectivity index (χ2v) is 7.01. The molecule has 2 rings (SSSR count). The van der Waals surface area contributed by atoms with Gasteiger partial charge in [0.15, 0.2) is 9.84 Å². The van der Waals surface area contributed by atoms with Crippen molar-refractivity contribution in [2.45, 2.75) is 29.9 Å². The summed E-state index contributed by atoms with van der Waals surface area (Å²) in [6.07, 6.45) is 3.30. The van der Waals surface area contributed by atoms with Crippen LogP contribution in [-0.4, -0.2) is 33.9 Å². The maximum Gasteiger partial charge on any atom is 0.175 e. The summed E-state index contributed by atoms with van der Waals surface area (Å²) in [7, 11) is -1.51. The van der Waals surface area contributed by atoms with Gasteiger partial charge in [0.2, 0.25) is 0 Å². The quantitative estimate of drug-likeness (QED) is 0.924. The van der Waals surface area contributed by atoms with E-state index in [1.165, 1.54) is 12.3 Å². The van der Waals surface area contributed by atoms with Gasteiger partial charge in [-0.15, -0.1) is 0 Å². The highest BCUT2D eigenvalue weighted by Gasteiger charge is 2.29. The number of halogens is 1. The van der Waals surface area contributed by atoms with Crippen molar-refractivity contribution in [1.82, 2.24) is 0 Å². The van der Waals surface area contributed by atoms with Gasteiger partial charge in [0.25, 0.3) is 0 Å². The molecule has 1 aromatic carbocycles. The Morgan fingerprint density at radius 3 is 2.61 bits per heavy atom. The summed E-state index contributed by atoms with van der Waals surface area (Å²) in [6, 6.07) is 4.99. The summed E-state index contributed by atoms with van der Waals surface area (Å²) < 4.78 is 28.1. The Hall–Kier alpha value is -0.780. The molecule has 0 atom stereocenters. The maximum atomic E-state index is 11.5. The van der Waals surface area contributed by atoms with Gasteiger partial charge in [-0.25, -0.2) is 8.42 Å². The van der Waals surface area contributed by atoms with Gasteiger partial charge in [0, 0.05) is 19.4 Å². The first kappa shape index (κ1) is 13.6. The molecule has 100 valence electrons. The van der Waals surface area contributed by atoms with Gasteiger partial charge < -0.3 is 10.1 Å². The number of anilines is 1. The monoisotopic (exact) mass is 289 g/mol. The van der Waals surface area contributed by atoms with Crippen molar-refractivity contribution in [1.29, 1.82) is 0 Å². The lowest BCUT2D eigenvalue weighted by Crippen LogP contribution is -2.40. The zero-order chi connectivity index (χ0) is 13.3. The lowest BCUT2D eigenvalue weighted by atomic mass is 9.89. The van der Waals surface area contributed by atoms with E-state index < -0.39 is 9.84 Å². The molecule has 1 saturated carbocycles. The van der Waals surface area contributed by atoms with E-state index in [-0.39, 0.29) is 4.90 Å². The van der Waals surface area contributed by atoms with Crippen LogP contribution in [-0.2, 0) is 14.6 Å². The number of benzene rings is 1. The number of nitrogens with one attached hydrogen (secondary N) is 1. The number of rotatable bonds is 4. The normalized spacial score (nSPS) is 23.5. The molecule has 0 saturated heterocycles. The molecule has 1 N–H and O–H groups in total. The number of sulfone groups is 1. The summed E-state index contributed by atoms with van der Waals surface area (Å²) in [4.78, 5) is 0.275. The third-order valence-corrected chi connectivity index (χ3v) is 4.59. The van der Waals surface area contributed by atoms with E-state index in [9.17, 15) is 8.42 Å². The summed E-state index contributed by atoms with van der Waals surface area (Å²) in [5.74, 6) is 0. The summed E-state index contributed by atoms with van der Waals surface area (Å²) in [5.41, 5.74) is 0.666. The van der Waals surface area contributed by atoms with Crippen molar-refractivity contribution >= 4 is 27.1 Å². The van der Waals surface area contributed by atoms with Crippen molar-refractivity contribution in [2.24, 2.45) is 0 Å². The third kappa shape index (κ3) is 2.96. The summed E-state index contributed by atoms with van der Waals surface area (Å²) >= 11 is 6.05. The molecule has 0 aromatic heterocycles. The third-order valence-electron chi connectivity index (χ3n) is 3.15. The van der Waals surface area contributed by atoms with Gasteiger partial charge in [0.05, 0.1) is 21.7 Å². The Morgan fingerprint density at radius 2 is 2.06 bits per heavy atom. The molecule has 0 aliphatic heterocycles. The van der Waals surface area contributed by atoms with Gasteiger partial charge in [-0.1, -0.05) is 11.6 Å².